The van der Waals surface area contributed by atoms with Crippen molar-refractivity contribution >= 4 is 39.9 Å². The number of nitrogens with zero attached hydrogens (tertiary/aromatic N) is 2. The third kappa shape index (κ3) is 4.64. The smallest absolute Gasteiger partial charge is 0.338 e. The van der Waals surface area contributed by atoms with Crippen LogP contribution in [0.2, 0.25) is 0 Å². The molecule has 1 aromatic heterocycles. The molecule has 7 nitrogen and oxygen atoms in total. The lowest BCUT2D eigenvalue weighted by Crippen LogP contribution is -2.23. The molecule has 0 unspecified atom stereocenters. The van der Waals surface area contributed by atoms with Crippen LogP contribution in [0, 0.1) is 5.82 Å². The Kier molecular flexibility index (Phi) is 5.99. The molecule has 0 saturated carbocycles. The highest BCUT2D eigenvalue weighted by atomic mass is 32.1. The predicted molar refractivity (Wildman–Crippen MR) is 105 cm³/mol. The number of ether oxygens (including phenoxy) is 1. The lowest BCUT2D eigenvalue weighted by Gasteiger charge is -2.18. The van der Waals surface area contributed by atoms with E-state index in [0.29, 0.717) is 5.69 Å². The van der Waals surface area contributed by atoms with Gasteiger partial charge in [0.25, 0.3) is 0 Å². The zero-order chi connectivity index (χ0) is 21.0. The molecule has 0 fully saturated rings. The van der Waals surface area contributed by atoms with E-state index in [-0.39, 0.29) is 28.6 Å². The third-order valence-corrected chi connectivity index (χ3v) is 4.77. The van der Waals surface area contributed by atoms with E-state index in [1.54, 1.807) is 11.4 Å². The number of nitrogens with two attached hydrogens (primary N) is 1. The first-order chi connectivity index (χ1) is 13.9. The van der Waals surface area contributed by atoms with Crippen LogP contribution in [0.15, 0.2) is 53.9 Å². The number of para-hydroxylation sites is 1. The monoisotopic (exact) mass is 413 g/mol. The summed E-state index contributed by atoms with van der Waals surface area (Å²) in [4.78, 5) is 40.7. The molecule has 9 heteroatoms. The number of thiazole rings is 1. The van der Waals surface area contributed by atoms with E-state index in [1.807, 2.05) is 0 Å². The molecular formula is C20H16FN3O4S. The van der Waals surface area contributed by atoms with Crippen molar-refractivity contribution in [3.8, 4) is 0 Å². The quantitative estimate of drug-likeness (QED) is 0.624. The first-order valence-corrected chi connectivity index (χ1v) is 9.31. The number of esters is 1. The van der Waals surface area contributed by atoms with Gasteiger partial charge in [0.15, 0.2) is 5.13 Å². The minimum absolute atomic E-state index is 0.0902. The van der Waals surface area contributed by atoms with Crippen molar-refractivity contribution in [1.82, 2.24) is 4.98 Å². The summed E-state index contributed by atoms with van der Waals surface area (Å²) in [7, 11) is 0. The first kappa shape index (κ1) is 20.2. The summed E-state index contributed by atoms with van der Waals surface area (Å²) in [6, 6.07) is 11.6. The molecule has 0 radical (unpaired) electrons. The van der Waals surface area contributed by atoms with E-state index < -0.39 is 23.6 Å². The maximum Gasteiger partial charge on any atom is 0.338 e. The normalized spacial score (nSPS) is 10.4. The van der Waals surface area contributed by atoms with Gasteiger partial charge in [-0.05, 0) is 36.4 Å². The van der Waals surface area contributed by atoms with Gasteiger partial charge in [0, 0.05) is 17.9 Å². The van der Waals surface area contributed by atoms with E-state index in [0.717, 1.165) is 16.2 Å². The fourth-order valence-corrected chi connectivity index (χ4v) is 3.36. The number of primary amides is 1. The van der Waals surface area contributed by atoms with Crippen LogP contribution in [0.25, 0.3) is 0 Å². The fourth-order valence-electron chi connectivity index (χ4n) is 2.50. The number of benzene rings is 2. The SMILES string of the molecule is CC(=O)N(c1nc(COC(=O)c2ccc(C(N)=O)cc2)cs1)c1ccccc1F. The van der Waals surface area contributed by atoms with Gasteiger partial charge in [-0.15, -0.1) is 11.3 Å². The summed E-state index contributed by atoms with van der Waals surface area (Å²) >= 11 is 1.13. The van der Waals surface area contributed by atoms with Gasteiger partial charge in [-0.2, -0.15) is 0 Å². The van der Waals surface area contributed by atoms with Crippen molar-refractivity contribution in [2.75, 3.05) is 4.90 Å². The van der Waals surface area contributed by atoms with Crippen molar-refractivity contribution in [1.29, 1.82) is 0 Å². The Labute approximate surface area is 169 Å². The molecule has 0 aliphatic rings. The van der Waals surface area contributed by atoms with Crippen LogP contribution in [-0.4, -0.2) is 22.8 Å². The van der Waals surface area contributed by atoms with Crippen molar-refractivity contribution in [3.05, 3.63) is 76.5 Å². The Bertz CT molecular complexity index is 1070. The van der Waals surface area contributed by atoms with Gasteiger partial charge in [0.05, 0.1) is 16.9 Å². The average Bonchev–Trinajstić information content (AvgIpc) is 3.16. The summed E-state index contributed by atoms with van der Waals surface area (Å²) in [5, 5.41) is 1.88. The Morgan fingerprint density at radius 2 is 1.76 bits per heavy atom. The topological polar surface area (TPSA) is 103 Å². The Hall–Kier alpha value is -3.59. The molecule has 0 spiro atoms. The maximum absolute atomic E-state index is 14.1. The van der Waals surface area contributed by atoms with E-state index in [2.05, 4.69) is 4.98 Å². The lowest BCUT2D eigenvalue weighted by atomic mass is 10.1. The van der Waals surface area contributed by atoms with Gasteiger partial charge in [-0.25, -0.2) is 14.2 Å². The third-order valence-electron chi connectivity index (χ3n) is 3.90. The van der Waals surface area contributed by atoms with Gasteiger partial charge in [-0.3, -0.25) is 14.5 Å². The van der Waals surface area contributed by atoms with Crippen LogP contribution in [-0.2, 0) is 16.1 Å². The molecule has 0 bridgehead atoms. The number of hydrogen-bond donors (Lipinski definition) is 1. The largest absolute Gasteiger partial charge is 0.456 e. The van der Waals surface area contributed by atoms with E-state index >= 15 is 0 Å². The number of amides is 2. The van der Waals surface area contributed by atoms with Gasteiger partial charge >= 0.3 is 5.97 Å². The number of carbonyl (C=O) groups is 3. The fraction of sp³-hybridized carbons (Fsp3) is 0.100. The minimum atomic E-state index is -0.604. The van der Waals surface area contributed by atoms with Crippen LogP contribution in [0.1, 0.15) is 33.3 Å². The van der Waals surface area contributed by atoms with E-state index in [9.17, 15) is 18.8 Å². The van der Waals surface area contributed by atoms with E-state index in [1.165, 1.54) is 49.4 Å². The van der Waals surface area contributed by atoms with Crippen molar-refractivity contribution < 1.29 is 23.5 Å². The number of rotatable bonds is 6. The maximum atomic E-state index is 14.1. The van der Waals surface area contributed by atoms with Crippen LogP contribution < -0.4 is 10.6 Å². The van der Waals surface area contributed by atoms with Gasteiger partial charge in [-0.1, -0.05) is 12.1 Å². The first-order valence-electron chi connectivity index (χ1n) is 8.43. The molecule has 2 amide bonds. The molecular weight excluding hydrogens is 397 g/mol. The Balaban J connectivity index is 1.71. The second kappa shape index (κ2) is 8.61. The van der Waals surface area contributed by atoms with Crippen LogP contribution in [0.5, 0.6) is 0 Å². The minimum Gasteiger partial charge on any atom is -0.456 e. The highest BCUT2D eigenvalue weighted by Crippen LogP contribution is 2.30. The molecule has 2 aromatic carbocycles. The Morgan fingerprint density at radius 3 is 2.38 bits per heavy atom. The average molecular weight is 413 g/mol. The lowest BCUT2D eigenvalue weighted by molar-refractivity contribution is -0.115. The zero-order valence-corrected chi connectivity index (χ0v) is 16.1. The van der Waals surface area contributed by atoms with Crippen molar-refractivity contribution in [2.45, 2.75) is 13.5 Å². The number of anilines is 2. The number of hydrogen-bond acceptors (Lipinski definition) is 6. The van der Waals surface area contributed by atoms with Crippen LogP contribution >= 0.6 is 11.3 Å². The summed E-state index contributed by atoms with van der Waals surface area (Å²) in [6.07, 6.45) is 0. The van der Waals surface area contributed by atoms with Crippen molar-refractivity contribution in [2.24, 2.45) is 5.73 Å². The van der Waals surface area contributed by atoms with Gasteiger partial charge in [0.2, 0.25) is 11.8 Å². The summed E-state index contributed by atoms with van der Waals surface area (Å²) < 4.78 is 19.3. The molecule has 1 heterocycles. The molecule has 148 valence electrons. The van der Waals surface area contributed by atoms with E-state index in [4.69, 9.17) is 10.5 Å². The Morgan fingerprint density at radius 1 is 1.10 bits per heavy atom. The molecule has 3 aromatic rings. The molecule has 0 atom stereocenters. The molecule has 0 aliphatic heterocycles. The molecule has 3 rings (SSSR count). The zero-order valence-electron chi connectivity index (χ0n) is 15.3. The summed E-state index contributed by atoms with van der Waals surface area (Å²) in [6.45, 7) is 1.18. The van der Waals surface area contributed by atoms with Crippen LogP contribution in [0.3, 0.4) is 0 Å². The second-order valence-corrected chi connectivity index (χ2v) is 6.78. The van der Waals surface area contributed by atoms with Crippen LogP contribution in [0.4, 0.5) is 15.2 Å². The van der Waals surface area contributed by atoms with Gasteiger partial charge in [0.1, 0.15) is 12.4 Å². The summed E-state index contributed by atoms with van der Waals surface area (Å²) in [5.74, 6) is -2.15. The molecule has 2 N–H and O–H groups in total. The highest BCUT2D eigenvalue weighted by molar-refractivity contribution is 7.14. The summed E-state index contributed by atoms with van der Waals surface area (Å²) in [5.41, 5.74) is 6.19. The predicted octanol–water partition coefficient (Wildman–Crippen LogP) is 3.42. The number of carbonyl (C=O) groups excluding carboxylic acids is 3. The highest BCUT2D eigenvalue weighted by Gasteiger charge is 2.21. The molecule has 29 heavy (non-hydrogen) atoms. The van der Waals surface area contributed by atoms with Gasteiger partial charge < -0.3 is 10.5 Å². The number of halogens is 1. The molecule has 0 saturated heterocycles. The standard InChI is InChI=1S/C20H16FN3O4S/c1-12(25)24(17-5-3-2-4-16(17)21)20-23-15(11-29-20)10-28-19(27)14-8-6-13(7-9-14)18(22)26/h2-9,11H,10H2,1H3,(H2,22,26). The number of aromatic nitrogens is 1. The second-order valence-electron chi connectivity index (χ2n) is 5.94. The molecule has 0 aliphatic carbocycles. The van der Waals surface area contributed by atoms with Crippen molar-refractivity contribution in [3.63, 3.8) is 0 Å².